The van der Waals surface area contributed by atoms with Crippen molar-refractivity contribution < 1.29 is 14.3 Å². The molecule has 0 spiro atoms. The minimum Gasteiger partial charge on any atom is -0.495 e. The molecule has 2 rings (SSSR count). The number of anilines is 1. The lowest BCUT2D eigenvalue weighted by Crippen LogP contribution is -2.40. The second kappa shape index (κ2) is 5.59. The van der Waals surface area contributed by atoms with Crippen LogP contribution in [0.2, 0.25) is 5.02 Å². The van der Waals surface area contributed by atoms with E-state index in [2.05, 4.69) is 11.4 Å². The second-order valence-corrected chi connectivity index (χ2v) is 5.10. The van der Waals surface area contributed by atoms with Gasteiger partial charge in [0.1, 0.15) is 16.9 Å². The molecule has 0 bridgehead atoms. The van der Waals surface area contributed by atoms with Gasteiger partial charge in [-0.3, -0.25) is 4.79 Å². The number of halogens is 1. The quantitative estimate of drug-likeness (QED) is 0.926. The Morgan fingerprint density at radius 3 is 2.45 bits per heavy atom. The monoisotopic (exact) mass is 294 g/mol. The Morgan fingerprint density at radius 1 is 1.35 bits per heavy atom. The zero-order valence-corrected chi connectivity index (χ0v) is 12.1. The molecule has 0 heterocycles. The van der Waals surface area contributed by atoms with Crippen molar-refractivity contribution in [2.75, 3.05) is 19.5 Å². The van der Waals surface area contributed by atoms with E-state index in [1.807, 2.05) is 0 Å². The third-order valence-corrected chi connectivity index (χ3v) is 3.87. The number of hydrogen-bond acceptors (Lipinski definition) is 4. The number of amides is 1. The SMILES string of the molecule is COc1cc(OC)c(NC(=O)C2(C#N)CCC2)cc1Cl. The van der Waals surface area contributed by atoms with E-state index in [-0.39, 0.29) is 5.91 Å². The average molecular weight is 295 g/mol. The van der Waals surface area contributed by atoms with E-state index >= 15 is 0 Å². The highest BCUT2D eigenvalue weighted by Crippen LogP contribution is 2.42. The van der Waals surface area contributed by atoms with Crippen LogP contribution in [-0.4, -0.2) is 20.1 Å². The Balaban J connectivity index is 2.27. The molecule has 0 aliphatic heterocycles. The summed E-state index contributed by atoms with van der Waals surface area (Å²) in [6, 6.07) is 5.25. The minimum atomic E-state index is -0.919. The number of nitrogens with one attached hydrogen (secondary N) is 1. The fraction of sp³-hybridized carbons (Fsp3) is 0.429. The summed E-state index contributed by atoms with van der Waals surface area (Å²) in [4.78, 5) is 12.2. The molecule has 6 heteroatoms. The third-order valence-electron chi connectivity index (χ3n) is 3.58. The van der Waals surface area contributed by atoms with Crippen LogP contribution in [0, 0.1) is 16.7 Å². The van der Waals surface area contributed by atoms with E-state index in [9.17, 15) is 4.79 Å². The summed E-state index contributed by atoms with van der Waals surface area (Å²) in [6.07, 6.45) is 2.06. The molecule has 1 amide bonds. The van der Waals surface area contributed by atoms with Crippen molar-refractivity contribution in [1.82, 2.24) is 0 Å². The van der Waals surface area contributed by atoms with Gasteiger partial charge in [0.05, 0.1) is 31.0 Å². The molecular weight excluding hydrogens is 280 g/mol. The standard InChI is InChI=1S/C14H15ClN2O3/c1-19-11-7-12(20-2)10(6-9(11)15)17-13(18)14(8-16)4-3-5-14/h6-7H,3-5H2,1-2H3,(H,17,18). The number of methoxy groups -OCH3 is 2. The maximum atomic E-state index is 12.2. The van der Waals surface area contributed by atoms with Crippen LogP contribution >= 0.6 is 11.6 Å². The topological polar surface area (TPSA) is 71.3 Å². The van der Waals surface area contributed by atoms with Gasteiger partial charge < -0.3 is 14.8 Å². The summed E-state index contributed by atoms with van der Waals surface area (Å²) in [5.74, 6) is 0.581. The minimum absolute atomic E-state index is 0.314. The molecule has 5 nitrogen and oxygen atoms in total. The predicted octanol–water partition coefficient (Wildman–Crippen LogP) is 2.99. The van der Waals surface area contributed by atoms with Gasteiger partial charge in [0.25, 0.3) is 0 Å². The van der Waals surface area contributed by atoms with Crippen molar-refractivity contribution >= 4 is 23.2 Å². The van der Waals surface area contributed by atoms with Gasteiger partial charge in [-0.1, -0.05) is 11.6 Å². The summed E-state index contributed by atoms with van der Waals surface area (Å²) in [5.41, 5.74) is -0.484. The van der Waals surface area contributed by atoms with Crippen molar-refractivity contribution in [2.45, 2.75) is 19.3 Å². The summed E-state index contributed by atoms with van der Waals surface area (Å²) in [6.45, 7) is 0. The molecule has 0 radical (unpaired) electrons. The Hall–Kier alpha value is -1.93. The molecular formula is C14H15ClN2O3. The Labute approximate surface area is 122 Å². The van der Waals surface area contributed by atoms with Gasteiger partial charge in [0, 0.05) is 6.07 Å². The number of benzene rings is 1. The molecule has 0 aromatic heterocycles. The Bertz CT molecular complexity index is 577. The molecule has 1 N–H and O–H groups in total. The lowest BCUT2D eigenvalue weighted by atomic mass is 9.69. The van der Waals surface area contributed by atoms with Gasteiger partial charge in [0.15, 0.2) is 0 Å². The van der Waals surface area contributed by atoms with Crippen LogP contribution in [0.15, 0.2) is 12.1 Å². The summed E-state index contributed by atoms with van der Waals surface area (Å²) < 4.78 is 10.3. The van der Waals surface area contributed by atoms with Crippen LogP contribution < -0.4 is 14.8 Å². The fourth-order valence-corrected chi connectivity index (χ4v) is 2.36. The molecule has 20 heavy (non-hydrogen) atoms. The van der Waals surface area contributed by atoms with Crippen LogP contribution in [0.25, 0.3) is 0 Å². The van der Waals surface area contributed by atoms with Gasteiger partial charge in [-0.25, -0.2) is 0 Å². The van der Waals surface area contributed by atoms with Gasteiger partial charge in [-0.05, 0) is 25.3 Å². The van der Waals surface area contributed by atoms with Gasteiger partial charge >= 0.3 is 0 Å². The highest BCUT2D eigenvalue weighted by Gasteiger charge is 2.44. The molecule has 0 unspecified atom stereocenters. The first-order valence-corrected chi connectivity index (χ1v) is 6.58. The Kier molecular flexibility index (Phi) is 4.05. The number of nitriles is 1. The molecule has 1 aromatic carbocycles. The molecule has 0 atom stereocenters. The van der Waals surface area contributed by atoms with Crippen molar-refractivity contribution in [2.24, 2.45) is 5.41 Å². The zero-order valence-electron chi connectivity index (χ0n) is 11.3. The first kappa shape index (κ1) is 14.5. The van der Waals surface area contributed by atoms with Crippen molar-refractivity contribution in [3.05, 3.63) is 17.2 Å². The highest BCUT2D eigenvalue weighted by atomic mass is 35.5. The van der Waals surface area contributed by atoms with Crippen LogP contribution in [0.5, 0.6) is 11.5 Å². The molecule has 106 valence electrons. The average Bonchev–Trinajstić information content (AvgIpc) is 2.38. The van der Waals surface area contributed by atoms with Crippen LogP contribution in [0.1, 0.15) is 19.3 Å². The zero-order chi connectivity index (χ0) is 14.8. The van der Waals surface area contributed by atoms with Crippen molar-refractivity contribution in [3.8, 4) is 17.6 Å². The molecule has 1 aliphatic rings. The van der Waals surface area contributed by atoms with Crippen molar-refractivity contribution in [3.63, 3.8) is 0 Å². The third kappa shape index (κ3) is 2.39. The van der Waals surface area contributed by atoms with Gasteiger partial charge in [0.2, 0.25) is 5.91 Å². The van der Waals surface area contributed by atoms with Crippen LogP contribution in [-0.2, 0) is 4.79 Å². The van der Waals surface area contributed by atoms with Crippen molar-refractivity contribution in [1.29, 1.82) is 5.26 Å². The van der Waals surface area contributed by atoms with E-state index in [1.54, 1.807) is 12.1 Å². The number of ether oxygens (including phenoxy) is 2. The number of carbonyl (C=O) groups is 1. The molecule has 1 aliphatic carbocycles. The summed E-state index contributed by atoms with van der Waals surface area (Å²) >= 11 is 6.04. The van der Waals surface area contributed by atoms with E-state index < -0.39 is 5.41 Å². The number of hydrogen-bond donors (Lipinski definition) is 1. The van der Waals surface area contributed by atoms with Crippen LogP contribution in [0.3, 0.4) is 0 Å². The first-order chi connectivity index (χ1) is 9.56. The molecule has 1 saturated carbocycles. The maximum absolute atomic E-state index is 12.2. The smallest absolute Gasteiger partial charge is 0.244 e. The fourth-order valence-electron chi connectivity index (χ4n) is 2.12. The van der Waals surface area contributed by atoms with E-state index in [0.29, 0.717) is 35.1 Å². The van der Waals surface area contributed by atoms with E-state index in [4.69, 9.17) is 26.3 Å². The largest absolute Gasteiger partial charge is 0.495 e. The van der Waals surface area contributed by atoms with Crippen LogP contribution in [0.4, 0.5) is 5.69 Å². The normalized spacial score (nSPS) is 15.7. The lowest BCUT2D eigenvalue weighted by molar-refractivity contribution is -0.126. The summed E-state index contributed by atoms with van der Waals surface area (Å²) in [5, 5.41) is 12.2. The number of carbonyl (C=O) groups excluding carboxylic acids is 1. The second-order valence-electron chi connectivity index (χ2n) is 4.69. The van der Waals surface area contributed by atoms with Gasteiger partial charge in [-0.2, -0.15) is 5.26 Å². The summed E-state index contributed by atoms with van der Waals surface area (Å²) in [7, 11) is 2.99. The predicted molar refractivity (Wildman–Crippen MR) is 75.1 cm³/mol. The van der Waals surface area contributed by atoms with E-state index in [0.717, 1.165) is 6.42 Å². The Morgan fingerprint density at radius 2 is 2.00 bits per heavy atom. The van der Waals surface area contributed by atoms with E-state index in [1.165, 1.54) is 14.2 Å². The first-order valence-electron chi connectivity index (χ1n) is 6.20. The lowest BCUT2D eigenvalue weighted by Gasteiger charge is -2.33. The number of nitrogens with zero attached hydrogens (tertiary/aromatic N) is 1. The number of rotatable bonds is 4. The highest BCUT2D eigenvalue weighted by molar-refractivity contribution is 6.32. The molecule has 1 fully saturated rings. The van der Waals surface area contributed by atoms with Gasteiger partial charge in [-0.15, -0.1) is 0 Å². The maximum Gasteiger partial charge on any atom is 0.244 e. The molecule has 1 aromatic rings. The molecule has 0 saturated heterocycles.